The predicted molar refractivity (Wildman–Crippen MR) is 61.2 cm³/mol. The number of ketones is 2. The van der Waals surface area contributed by atoms with Crippen LogP contribution in [0.2, 0.25) is 0 Å². The number of rotatable bonds is 2. The number of aliphatic hydroxyl groups is 1. The van der Waals surface area contributed by atoms with E-state index in [4.69, 9.17) is 0 Å². The van der Waals surface area contributed by atoms with Gasteiger partial charge in [0.1, 0.15) is 0 Å². The Morgan fingerprint density at radius 1 is 1.22 bits per heavy atom. The highest BCUT2D eigenvalue weighted by molar-refractivity contribution is 6.36. The third-order valence-corrected chi connectivity index (χ3v) is 2.94. The molecule has 1 aromatic rings. The first-order chi connectivity index (χ1) is 8.44. The van der Waals surface area contributed by atoms with Crippen molar-refractivity contribution in [1.29, 1.82) is 0 Å². The maximum absolute atomic E-state index is 12.1. The second kappa shape index (κ2) is 3.89. The maximum atomic E-state index is 12.1. The van der Waals surface area contributed by atoms with Gasteiger partial charge < -0.3 is 9.84 Å². The van der Waals surface area contributed by atoms with Crippen LogP contribution in [-0.2, 0) is 9.53 Å². The van der Waals surface area contributed by atoms with Crippen LogP contribution in [0.15, 0.2) is 36.4 Å². The first-order valence-electron chi connectivity index (χ1n) is 5.13. The van der Waals surface area contributed by atoms with Gasteiger partial charge in [0, 0.05) is 11.1 Å². The fourth-order valence-electron chi connectivity index (χ4n) is 1.92. The molecule has 92 valence electrons. The van der Waals surface area contributed by atoms with E-state index in [9.17, 15) is 19.5 Å². The molecule has 0 fully saturated rings. The molecule has 2 rings (SSSR count). The van der Waals surface area contributed by atoms with Crippen molar-refractivity contribution in [2.75, 3.05) is 7.11 Å². The van der Waals surface area contributed by atoms with Gasteiger partial charge in [-0.25, -0.2) is 4.79 Å². The van der Waals surface area contributed by atoms with Gasteiger partial charge in [-0.1, -0.05) is 30.8 Å². The third kappa shape index (κ3) is 1.34. The van der Waals surface area contributed by atoms with Crippen molar-refractivity contribution in [2.24, 2.45) is 0 Å². The van der Waals surface area contributed by atoms with Gasteiger partial charge in [-0.3, -0.25) is 9.59 Å². The van der Waals surface area contributed by atoms with Gasteiger partial charge in [0.15, 0.2) is 0 Å². The van der Waals surface area contributed by atoms with Gasteiger partial charge in [-0.15, -0.1) is 0 Å². The van der Waals surface area contributed by atoms with Crippen LogP contribution in [0.25, 0.3) is 0 Å². The van der Waals surface area contributed by atoms with E-state index in [1.165, 1.54) is 12.1 Å². The number of methoxy groups -OCH3 is 1. The molecule has 1 aliphatic rings. The summed E-state index contributed by atoms with van der Waals surface area (Å²) >= 11 is 0. The van der Waals surface area contributed by atoms with E-state index in [-0.39, 0.29) is 11.1 Å². The fourth-order valence-corrected chi connectivity index (χ4v) is 1.92. The summed E-state index contributed by atoms with van der Waals surface area (Å²) in [6, 6.07) is 5.96. The molecule has 0 bridgehead atoms. The Morgan fingerprint density at radius 2 is 1.67 bits per heavy atom. The van der Waals surface area contributed by atoms with Gasteiger partial charge in [-0.05, 0) is 0 Å². The number of carbonyl (C=O) groups is 3. The molecule has 18 heavy (non-hydrogen) atoms. The molecule has 0 atom stereocenters. The zero-order valence-electron chi connectivity index (χ0n) is 9.60. The quantitative estimate of drug-likeness (QED) is 0.467. The van der Waals surface area contributed by atoms with E-state index in [1.807, 2.05) is 0 Å². The van der Waals surface area contributed by atoms with Crippen LogP contribution in [0.3, 0.4) is 0 Å². The van der Waals surface area contributed by atoms with Crippen LogP contribution in [0.5, 0.6) is 0 Å². The normalized spacial score (nSPS) is 16.3. The van der Waals surface area contributed by atoms with Crippen molar-refractivity contribution in [3.05, 3.63) is 47.5 Å². The van der Waals surface area contributed by atoms with E-state index in [2.05, 4.69) is 11.3 Å². The van der Waals surface area contributed by atoms with Gasteiger partial charge in [0.25, 0.3) is 0 Å². The van der Waals surface area contributed by atoms with Crippen LogP contribution >= 0.6 is 0 Å². The lowest BCUT2D eigenvalue weighted by Crippen LogP contribution is -2.45. The summed E-state index contributed by atoms with van der Waals surface area (Å²) in [7, 11) is 1.08. The van der Waals surface area contributed by atoms with Crippen LogP contribution in [0.1, 0.15) is 20.7 Å². The van der Waals surface area contributed by atoms with Gasteiger partial charge >= 0.3 is 5.97 Å². The molecule has 1 aliphatic carbocycles. The highest BCUT2D eigenvalue weighted by atomic mass is 16.5. The Kier molecular flexibility index (Phi) is 2.63. The van der Waals surface area contributed by atoms with Crippen LogP contribution in [0.4, 0.5) is 0 Å². The molecular weight excluding hydrogens is 236 g/mol. The fraction of sp³-hybridized carbons (Fsp3) is 0.154. The smallest absolute Gasteiger partial charge is 0.337 e. The number of hydrogen-bond donors (Lipinski definition) is 1. The molecule has 0 aliphatic heterocycles. The third-order valence-electron chi connectivity index (χ3n) is 2.94. The molecule has 0 saturated heterocycles. The Bertz CT molecular complexity index is 550. The maximum Gasteiger partial charge on any atom is 0.337 e. The topological polar surface area (TPSA) is 80.7 Å². The van der Waals surface area contributed by atoms with Crippen molar-refractivity contribution in [2.45, 2.75) is 5.60 Å². The van der Waals surface area contributed by atoms with E-state index in [0.29, 0.717) is 0 Å². The molecule has 5 heteroatoms. The zero-order chi connectivity index (χ0) is 13.5. The SMILES string of the molecule is C=C(C(=O)OC)C1(O)C(=O)c2ccccc2C1=O. The molecule has 0 heterocycles. The summed E-state index contributed by atoms with van der Waals surface area (Å²) in [6.07, 6.45) is 0. The van der Waals surface area contributed by atoms with Gasteiger partial charge in [0.2, 0.25) is 17.2 Å². The summed E-state index contributed by atoms with van der Waals surface area (Å²) in [6.45, 7) is 3.30. The highest BCUT2D eigenvalue weighted by Gasteiger charge is 2.55. The van der Waals surface area contributed by atoms with E-state index >= 15 is 0 Å². The Balaban J connectivity index is 2.57. The molecule has 0 saturated carbocycles. The van der Waals surface area contributed by atoms with Crippen LogP contribution in [-0.4, -0.2) is 35.4 Å². The lowest BCUT2D eigenvalue weighted by atomic mass is 9.89. The standard InChI is InChI=1S/C13H10O5/c1-7(12(16)18-2)13(17)10(14)8-5-3-4-6-9(8)11(13)15/h3-6,17H,1H2,2H3. The van der Waals surface area contributed by atoms with E-state index in [0.717, 1.165) is 7.11 Å². The number of benzene rings is 1. The molecule has 0 aromatic heterocycles. The number of ether oxygens (including phenoxy) is 1. The Morgan fingerprint density at radius 3 is 2.06 bits per heavy atom. The molecular formula is C13H10O5. The van der Waals surface area contributed by atoms with E-state index < -0.39 is 28.7 Å². The highest BCUT2D eigenvalue weighted by Crippen LogP contribution is 2.34. The average molecular weight is 246 g/mol. The molecule has 1 aromatic carbocycles. The largest absolute Gasteiger partial charge is 0.466 e. The summed E-state index contributed by atoms with van der Waals surface area (Å²) in [4.78, 5) is 35.5. The summed E-state index contributed by atoms with van der Waals surface area (Å²) in [5.41, 5.74) is -2.96. The molecule has 0 radical (unpaired) electrons. The van der Waals surface area contributed by atoms with Crippen molar-refractivity contribution < 1.29 is 24.2 Å². The minimum atomic E-state index is -2.54. The predicted octanol–water partition coefficient (Wildman–Crippen LogP) is 0.526. The number of fused-ring (bicyclic) bond motifs is 1. The van der Waals surface area contributed by atoms with Crippen molar-refractivity contribution in [3.8, 4) is 0 Å². The van der Waals surface area contributed by atoms with Crippen LogP contribution in [0, 0.1) is 0 Å². The summed E-state index contributed by atoms with van der Waals surface area (Å²) < 4.78 is 4.38. The van der Waals surface area contributed by atoms with Gasteiger partial charge in [-0.2, -0.15) is 0 Å². The van der Waals surface area contributed by atoms with Crippen molar-refractivity contribution >= 4 is 17.5 Å². The molecule has 0 unspecified atom stereocenters. The molecule has 0 amide bonds. The first kappa shape index (κ1) is 12.2. The van der Waals surface area contributed by atoms with Crippen molar-refractivity contribution in [3.63, 3.8) is 0 Å². The lowest BCUT2D eigenvalue weighted by Gasteiger charge is -2.19. The minimum absolute atomic E-state index is 0.0788. The lowest BCUT2D eigenvalue weighted by molar-refractivity contribution is -0.137. The van der Waals surface area contributed by atoms with Crippen molar-refractivity contribution in [1.82, 2.24) is 0 Å². The van der Waals surface area contributed by atoms with Gasteiger partial charge in [0.05, 0.1) is 12.7 Å². The number of Topliss-reactive ketones (excluding diaryl/α,β-unsaturated/α-hetero) is 2. The second-order valence-electron chi connectivity index (χ2n) is 3.88. The minimum Gasteiger partial charge on any atom is -0.466 e. The molecule has 5 nitrogen and oxygen atoms in total. The van der Waals surface area contributed by atoms with E-state index in [1.54, 1.807) is 12.1 Å². The molecule has 1 N–H and O–H groups in total. The summed E-state index contributed by atoms with van der Waals surface area (Å²) in [5.74, 6) is -2.69. The monoisotopic (exact) mass is 246 g/mol. The average Bonchev–Trinajstić information content (AvgIpc) is 2.60. The second-order valence-corrected chi connectivity index (χ2v) is 3.88. The number of esters is 1. The first-order valence-corrected chi connectivity index (χ1v) is 5.13. The zero-order valence-corrected chi connectivity index (χ0v) is 9.60. The number of carbonyl (C=O) groups excluding carboxylic acids is 3. The number of hydrogen-bond acceptors (Lipinski definition) is 5. The Hall–Kier alpha value is -2.27. The molecule has 0 spiro atoms. The summed E-state index contributed by atoms with van der Waals surface area (Å²) in [5, 5.41) is 10.2. The Labute approximate surface area is 103 Å². The van der Waals surface area contributed by atoms with Crippen LogP contribution < -0.4 is 0 Å².